The van der Waals surface area contributed by atoms with Crippen LogP contribution >= 0.6 is 0 Å². The van der Waals surface area contributed by atoms with Crippen LogP contribution in [0.15, 0.2) is 12.1 Å². The van der Waals surface area contributed by atoms with E-state index >= 15 is 0 Å². The number of alkyl halides is 2. The highest BCUT2D eigenvalue weighted by atomic mass is 19.3. The van der Waals surface area contributed by atoms with Gasteiger partial charge in [0.05, 0.1) is 4.92 Å². The van der Waals surface area contributed by atoms with Crippen molar-refractivity contribution in [2.75, 3.05) is 0 Å². The van der Waals surface area contributed by atoms with Crippen LogP contribution < -0.4 is 0 Å². The summed E-state index contributed by atoms with van der Waals surface area (Å²) in [5.41, 5.74) is -2.35. The van der Waals surface area contributed by atoms with Crippen LogP contribution in [0, 0.1) is 21.7 Å². The average Bonchev–Trinajstić information content (AvgIpc) is 2.01. The molecule has 0 aromatic heterocycles. The van der Waals surface area contributed by atoms with E-state index in [-0.39, 0.29) is 12.1 Å². The molecule has 14 heavy (non-hydrogen) atoms. The first kappa shape index (κ1) is 10.4. The molecule has 0 unspecified atom stereocenters. The van der Waals surface area contributed by atoms with Gasteiger partial charge in [0.15, 0.2) is 0 Å². The fourth-order valence-electron chi connectivity index (χ4n) is 0.886. The zero-order valence-electron chi connectivity index (χ0n) is 6.51. The van der Waals surface area contributed by atoms with Crippen molar-refractivity contribution in [3.8, 4) is 0 Å². The van der Waals surface area contributed by atoms with Crippen molar-refractivity contribution in [1.29, 1.82) is 0 Å². The highest BCUT2D eigenvalue weighted by Crippen LogP contribution is 2.27. The third kappa shape index (κ3) is 1.81. The summed E-state index contributed by atoms with van der Waals surface area (Å²) in [7, 11) is 0. The molecule has 0 saturated heterocycles. The third-order valence-corrected chi connectivity index (χ3v) is 1.47. The molecule has 0 fully saturated rings. The Hall–Kier alpha value is -1.66. The molecule has 3 nitrogen and oxygen atoms in total. The minimum atomic E-state index is -3.07. The molecule has 0 bridgehead atoms. The molecule has 0 amide bonds. The molecule has 0 aliphatic carbocycles. The molecule has 0 N–H and O–H groups in total. The monoisotopic (exact) mass is 209 g/mol. The second-order valence-corrected chi connectivity index (χ2v) is 2.39. The van der Waals surface area contributed by atoms with Gasteiger partial charge in [0.1, 0.15) is 0 Å². The van der Waals surface area contributed by atoms with E-state index in [9.17, 15) is 27.7 Å². The number of halogens is 4. The molecule has 1 aromatic rings. The Morgan fingerprint density at radius 3 is 1.93 bits per heavy atom. The van der Waals surface area contributed by atoms with Crippen LogP contribution in [0.2, 0.25) is 0 Å². The summed E-state index contributed by atoms with van der Waals surface area (Å²) >= 11 is 0. The van der Waals surface area contributed by atoms with Gasteiger partial charge in [-0.2, -0.15) is 8.78 Å². The lowest BCUT2D eigenvalue weighted by atomic mass is 10.2. The van der Waals surface area contributed by atoms with E-state index in [2.05, 4.69) is 0 Å². The van der Waals surface area contributed by atoms with Gasteiger partial charge in [0.25, 0.3) is 6.43 Å². The van der Waals surface area contributed by atoms with Gasteiger partial charge in [-0.15, -0.1) is 0 Å². The van der Waals surface area contributed by atoms with Crippen LogP contribution in [-0.4, -0.2) is 4.92 Å². The van der Waals surface area contributed by atoms with Gasteiger partial charge in [0, 0.05) is 5.56 Å². The van der Waals surface area contributed by atoms with Crippen LogP contribution in [0.25, 0.3) is 0 Å². The van der Waals surface area contributed by atoms with Crippen molar-refractivity contribution in [1.82, 2.24) is 0 Å². The van der Waals surface area contributed by atoms with Crippen LogP contribution in [-0.2, 0) is 0 Å². The number of benzene rings is 1. The average molecular weight is 209 g/mol. The predicted molar refractivity (Wildman–Crippen MR) is 38.0 cm³/mol. The zero-order valence-corrected chi connectivity index (χ0v) is 6.51. The molecule has 76 valence electrons. The van der Waals surface area contributed by atoms with E-state index in [1.54, 1.807) is 0 Å². The fraction of sp³-hybridized carbons (Fsp3) is 0.143. The van der Waals surface area contributed by atoms with Gasteiger partial charge < -0.3 is 0 Å². The summed E-state index contributed by atoms with van der Waals surface area (Å²) in [6.07, 6.45) is -3.07. The number of hydrogen-bond acceptors (Lipinski definition) is 2. The summed E-state index contributed by atoms with van der Waals surface area (Å²) in [6.45, 7) is 0. The molecular formula is C7H3F4NO2. The molecule has 1 aromatic carbocycles. The van der Waals surface area contributed by atoms with Crippen molar-refractivity contribution < 1.29 is 22.5 Å². The molecule has 0 radical (unpaired) electrons. The highest BCUT2D eigenvalue weighted by molar-refractivity contribution is 5.37. The van der Waals surface area contributed by atoms with Crippen molar-refractivity contribution in [2.24, 2.45) is 0 Å². The molecule has 0 heterocycles. The van der Waals surface area contributed by atoms with E-state index in [1.807, 2.05) is 0 Å². The number of nitro benzene ring substituents is 1. The zero-order chi connectivity index (χ0) is 10.9. The van der Waals surface area contributed by atoms with Crippen molar-refractivity contribution >= 4 is 5.69 Å². The molecule has 0 saturated carbocycles. The quantitative estimate of drug-likeness (QED) is 0.427. The minimum Gasteiger partial charge on any atom is -0.258 e. The normalized spacial score (nSPS) is 10.6. The molecule has 1 rings (SSSR count). The maximum absolute atomic E-state index is 12.7. The maximum atomic E-state index is 12.7. The van der Waals surface area contributed by atoms with Crippen LogP contribution in [0.5, 0.6) is 0 Å². The van der Waals surface area contributed by atoms with E-state index in [4.69, 9.17) is 0 Å². The number of nitrogens with zero attached hydrogens (tertiary/aromatic N) is 1. The molecule has 0 aliphatic rings. The van der Waals surface area contributed by atoms with Crippen molar-refractivity contribution in [2.45, 2.75) is 6.43 Å². The Morgan fingerprint density at radius 2 is 1.64 bits per heavy atom. The molecule has 7 heteroatoms. The topological polar surface area (TPSA) is 43.1 Å². The second-order valence-electron chi connectivity index (χ2n) is 2.39. The number of hydrogen-bond donors (Lipinski definition) is 0. The smallest absolute Gasteiger partial charge is 0.258 e. The summed E-state index contributed by atoms with van der Waals surface area (Å²) in [4.78, 5) is 8.76. The second kappa shape index (κ2) is 3.60. The molecular weight excluding hydrogens is 206 g/mol. The standard InChI is InChI=1S/C7H3F4NO2/c8-4-1-3(7(10)11)2-5(9)6(4)12(13)14/h1-2,7H. The molecule has 0 aliphatic heterocycles. The van der Waals surface area contributed by atoms with E-state index in [0.717, 1.165) is 0 Å². The van der Waals surface area contributed by atoms with Gasteiger partial charge in [-0.1, -0.05) is 0 Å². The Kier molecular flexibility index (Phi) is 2.68. The Labute approximate surface area is 75.1 Å². The van der Waals surface area contributed by atoms with E-state index < -0.39 is 34.2 Å². The van der Waals surface area contributed by atoms with Gasteiger partial charge in [-0.3, -0.25) is 10.1 Å². The third-order valence-electron chi connectivity index (χ3n) is 1.47. The number of rotatable bonds is 2. The van der Waals surface area contributed by atoms with Gasteiger partial charge in [-0.25, -0.2) is 8.78 Å². The lowest BCUT2D eigenvalue weighted by Crippen LogP contribution is -1.99. The van der Waals surface area contributed by atoms with Gasteiger partial charge in [-0.05, 0) is 12.1 Å². The first-order valence-electron chi connectivity index (χ1n) is 3.35. The minimum absolute atomic E-state index is 0.242. The van der Waals surface area contributed by atoms with Crippen LogP contribution in [0.4, 0.5) is 23.2 Å². The lowest BCUT2D eigenvalue weighted by molar-refractivity contribution is -0.390. The largest absolute Gasteiger partial charge is 0.340 e. The molecule has 0 atom stereocenters. The Balaban J connectivity index is 3.32. The Morgan fingerprint density at radius 1 is 1.21 bits per heavy atom. The van der Waals surface area contributed by atoms with Gasteiger partial charge in [0.2, 0.25) is 11.6 Å². The SMILES string of the molecule is O=[N+]([O-])c1c(F)cc(C(F)F)cc1F. The predicted octanol–water partition coefficient (Wildman–Crippen LogP) is 2.81. The summed E-state index contributed by atoms with van der Waals surface area (Å²) in [5.74, 6) is -3.21. The van der Waals surface area contributed by atoms with Gasteiger partial charge >= 0.3 is 5.69 Å². The summed E-state index contributed by atoms with van der Waals surface area (Å²) in [5, 5.41) is 10.1. The summed E-state index contributed by atoms with van der Waals surface area (Å²) < 4.78 is 49.3. The van der Waals surface area contributed by atoms with Crippen LogP contribution in [0.1, 0.15) is 12.0 Å². The van der Waals surface area contributed by atoms with Crippen molar-refractivity contribution in [3.05, 3.63) is 39.4 Å². The van der Waals surface area contributed by atoms with E-state index in [0.29, 0.717) is 0 Å². The highest BCUT2D eigenvalue weighted by Gasteiger charge is 2.24. The summed E-state index contributed by atoms with van der Waals surface area (Å²) in [6, 6.07) is 0.484. The van der Waals surface area contributed by atoms with Crippen LogP contribution in [0.3, 0.4) is 0 Å². The molecule has 0 spiro atoms. The lowest BCUT2D eigenvalue weighted by Gasteiger charge is -2.00. The number of nitro groups is 1. The first-order chi connectivity index (χ1) is 6.43. The Bertz CT molecular complexity index is 357. The maximum Gasteiger partial charge on any atom is 0.340 e. The first-order valence-corrected chi connectivity index (χ1v) is 3.35. The van der Waals surface area contributed by atoms with E-state index in [1.165, 1.54) is 0 Å². The van der Waals surface area contributed by atoms with Crippen molar-refractivity contribution in [3.63, 3.8) is 0 Å². The fourth-order valence-corrected chi connectivity index (χ4v) is 0.886.